The number of hydrogen-bond acceptors (Lipinski definition) is 2. The van der Waals surface area contributed by atoms with Crippen molar-refractivity contribution in [1.82, 2.24) is 0 Å². The maximum atomic E-state index is 9.95. The van der Waals surface area contributed by atoms with E-state index in [4.69, 9.17) is 5.11 Å². The molecule has 0 heterocycles. The predicted octanol–water partition coefficient (Wildman–Crippen LogP) is 0.512. The topological polar surface area (TPSA) is 37.3 Å². The molecule has 1 aliphatic carbocycles. The molecule has 0 fully saturated rings. The van der Waals surface area contributed by atoms with Crippen molar-refractivity contribution in [3.8, 4) is 0 Å². The zero-order valence-electron chi connectivity index (χ0n) is 5.16. The van der Waals surface area contributed by atoms with E-state index >= 15 is 0 Å². The fraction of sp³-hybridized carbons (Fsp3) is 0.571. The van der Waals surface area contributed by atoms with Gasteiger partial charge >= 0.3 is 0 Å². The second-order valence-electron chi connectivity index (χ2n) is 2.35. The highest BCUT2D eigenvalue weighted by atomic mass is 16.3. The van der Waals surface area contributed by atoms with Gasteiger partial charge in [-0.1, -0.05) is 12.2 Å². The van der Waals surface area contributed by atoms with Gasteiger partial charge in [0.25, 0.3) is 0 Å². The molecule has 0 radical (unpaired) electrons. The van der Waals surface area contributed by atoms with Gasteiger partial charge in [-0.15, -0.1) is 0 Å². The fourth-order valence-electron chi connectivity index (χ4n) is 1.05. The molecule has 1 rings (SSSR count). The summed E-state index contributed by atoms with van der Waals surface area (Å²) < 4.78 is 0. The molecule has 0 aromatic heterocycles. The third-order valence-corrected chi connectivity index (χ3v) is 1.55. The van der Waals surface area contributed by atoms with E-state index in [1.165, 1.54) is 0 Å². The van der Waals surface area contributed by atoms with Crippen molar-refractivity contribution in [3.05, 3.63) is 12.2 Å². The highest BCUT2D eigenvalue weighted by Gasteiger charge is 2.14. The van der Waals surface area contributed by atoms with Gasteiger partial charge in [-0.3, -0.25) is 0 Å². The first kappa shape index (κ1) is 6.49. The third-order valence-electron chi connectivity index (χ3n) is 1.55. The maximum Gasteiger partial charge on any atom is 0.120 e. The standard InChI is InChI=1S/C7H10O2/c8-4-3-6-1-2-7(9)5-6/h1-2,4,6-7,9H,3,5H2/t6-,7-/m1/s1. The summed E-state index contributed by atoms with van der Waals surface area (Å²) in [4.78, 5) is 9.95. The van der Waals surface area contributed by atoms with E-state index in [2.05, 4.69) is 0 Å². The van der Waals surface area contributed by atoms with Crippen molar-refractivity contribution in [2.45, 2.75) is 18.9 Å². The lowest BCUT2D eigenvalue weighted by molar-refractivity contribution is -0.108. The number of carbonyl (C=O) groups excluding carboxylic acids is 1. The molecule has 0 saturated heterocycles. The molecule has 1 N–H and O–H groups in total. The van der Waals surface area contributed by atoms with Gasteiger partial charge in [0.05, 0.1) is 6.10 Å². The second kappa shape index (κ2) is 2.78. The molecule has 0 spiro atoms. The molecule has 0 aromatic rings. The van der Waals surface area contributed by atoms with Crippen molar-refractivity contribution in [1.29, 1.82) is 0 Å². The first-order valence-electron chi connectivity index (χ1n) is 3.13. The van der Waals surface area contributed by atoms with Gasteiger partial charge in [0, 0.05) is 6.42 Å². The van der Waals surface area contributed by atoms with Gasteiger partial charge in [0.1, 0.15) is 6.29 Å². The van der Waals surface area contributed by atoms with Crippen LogP contribution >= 0.6 is 0 Å². The van der Waals surface area contributed by atoms with E-state index < -0.39 is 0 Å². The summed E-state index contributed by atoms with van der Waals surface area (Å²) in [5, 5.41) is 8.92. The van der Waals surface area contributed by atoms with Crippen LogP contribution in [0.1, 0.15) is 12.8 Å². The Kier molecular flexibility index (Phi) is 2.01. The molecule has 9 heavy (non-hydrogen) atoms. The maximum absolute atomic E-state index is 9.95. The van der Waals surface area contributed by atoms with E-state index in [1.54, 1.807) is 6.08 Å². The Hall–Kier alpha value is -0.630. The van der Waals surface area contributed by atoms with Crippen molar-refractivity contribution >= 4 is 6.29 Å². The summed E-state index contributed by atoms with van der Waals surface area (Å²) in [6.45, 7) is 0. The summed E-state index contributed by atoms with van der Waals surface area (Å²) in [5.41, 5.74) is 0. The number of hydrogen-bond donors (Lipinski definition) is 1. The first-order valence-corrected chi connectivity index (χ1v) is 3.13. The molecule has 0 amide bonds. The van der Waals surface area contributed by atoms with E-state index in [1.807, 2.05) is 6.08 Å². The second-order valence-corrected chi connectivity index (χ2v) is 2.35. The molecule has 0 aromatic carbocycles. The number of carbonyl (C=O) groups is 1. The van der Waals surface area contributed by atoms with Crippen molar-refractivity contribution < 1.29 is 9.90 Å². The summed E-state index contributed by atoms with van der Waals surface area (Å²) >= 11 is 0. The molecule has 0 bridgehead atoms. The van der Waals surface area contributed by atoms with E-state index in [9.17, 15) is 4.79 Å². The fourth-order valence-corrected chi connectivity index (χ4v) is 1.05. The van der Waals surface area contributed by atoms with Gasteiger partial charge in [-0.2, -0.15) is 0 Å². The Labute approximate surface area is 54.2 Å². The van der Waals surface area contributed by atoms with E-state index in [0.717, 1.165) is 12.7 Å². The molecule has 2 atom stereocenters. The molecular formula is C7H10O2. The zero-order chi connectivity index (χ0) is 6.69. The van der Waals surface area contributed by atoms with Crippen molar-refractivity contribution in [2.24, 2.45) is 5.92 Å². The lowest BCUT2D eigenvalue weighted by Crippen LogP contribution is -2.01. The van der Waals surface area contributed by atoms with Crippen LogP contribution in [0, 0.1) is 5.92 Å². The lowest BCUT2D eigenvalue weighted by atomic mass is 10.1. The van der Waals surface area contributed by atoms with E-state index in [0.29, 0.717) is 6.42 Å². The van der Waals surface area contributed by atoms with Gasteiger partial charge in [-0.25, -0.2) is 0 Å². The third kappa shape index (κ3) is 1.64. The average Bonchev–Trinajstić information content (AvgIpc) is 2.17. The SMILES string of the molecule is O=CC[C@H]1C=C[C@@H](O)C1. The summed E-state index contributed by atoms with van der Waals surface area (Å²) in [5.74, 6) is 0.289. The minimum Gasteiger partial charge on any atom is -0.389 e. The predicted molar refractivity (Wildman–Crippen MR) is 33.9 cm³/mol. The van der Waals surface area contributed by atoms with Crippen molar-refractivity contribution in [2.75, 3.05) is 0 Å². The number of aldehydes is 1. The highest BCUT2D eigenvalue weighted by molar-refractivity contribution is 5.50. The Morgan fingerprint density at radius 3 is 2.89 bits per heavy atom. The van der Waals surface area contributed by atoms with Crippen LogP contribution < -0.4 is 0 Å². The Balaban J connectivity index is 2.31. The normalized spacial score (nSPS) is 33.0. The van der Waals surface area contributed by atoms with Crippen LogP contribution in [0.2, 0.25) is 0 Å². The number of rotatable bonds is 2. The Morgan fingerprint density at radius 1 is 1.67 bits per heavy atom. The highest BCUT2D eigenvalue weighted by Crippen LogP contribution is 2.19. The minimum absolute atomic E-state index is 0.289. The van der Waals surface area contributed by atoms with Crippen molar-refractivity contribution in [3.63, 3.8) is 0 Å². The number of aliphatic hydroxyl groups excluding tert-OH is 1. The smallest absolute Gasteiger partial charge is 0.120 e. The van der Waals surface area contributed by atoms with Crippen LogP contribution in [-0.2, 0) is 4.79 Å². The molecule has 2 nitrogen and oxygen atoms in total. The molecule has 50 valence electrons. The largest absolute Gasteiger partial charge is 0.389 e. The molecule has 1 aliphatic rings. The first-order chi connectivity index (χ1) is 4.33. The lowest BCUT2D eigenvalue weighted by Gasteiger charge is -2.01. The molecule has 0 aliphatic heterocycles. The van der Waals surface area contributed by atoms with Gasteiger partial charge in [0.15, 0.2) is 0 Å². The van der Waals surface area contributed by atoms with Gasteiger partial charge in [-0.05, 0) is 12.3 Å². The molecule has 2 heteroatoms. The van der Waals surface area contributed by atoms with Crippen LogP contribution in [0.15, 0.2) is 12.2 Å². The van der Waals surface area contributed by atoms with E-state index in [-0.39, 0.29) is 12.0 Å². The van der Waals surface area contributed by atoms with Crippen LogP contribution in [-0.4, -0.2) is 17.5 Å². The minimum atomic E-state index is -0.310. The van der Waals surface area contributed by atoms with Crippen LogP contribution in [0.3, 0.4) is 0 Å². The number of allylic oxidation sites excluding steroid dienone is 1. The molecule has 0 saturated carbocycles. The average molecular weight is 126 g/mol. The molecular weight excluding hydrogens is 116 g/mol. The summed E-state index contributed by atoms with van der Waals surface area (Å²) in [6.07, 6.45) is 5.50. The monoisotopic (exact) mass is 126 g/mol. The van der Waals surface area contributed by atoms with Gasteiger partial charge in [0.2, 0.25) is 0 Å². The van der Waals surface area contributed by atoms with Crippen LogP contribution in [0.25, 0.3) is 0 Å². The van der Waals surface area contributed by atoms with Crippen LogP contribution in [0.5, 0.6) is 0 Å². The van der Waals surface area contributed by atoms with Crippen LogP contribution in [0.4, 0.5) is 0 Å². The van der Waals surface area contributed by atoms with Gasteiger partial charge < -0.3 is 9.90 Å². The zero-order valence-corrected chi connectivity index (χ0v) is 5.16. The summed E-state index contributed by atoms with van der Waals surface area (Å²) in [6, 6.07) is 0. The Morgan fingerprint density at radius 2 is 2.44 bits per heavy atom. The number of aliphatic hydroxyl groups is 1. The quantitative estimate of drug-likeness (QED) is 0.432. The Bertz CT molecular complexity index is 129. The summed E-state index contributed by atoms with van der Waals surface area (Å²) in [7, 11) is 0. The molecule has 0 unspecified atom stereocenters.